The Morgan fingerprint density at radius 3 is 2.30 bits per heavy atom. The van der Waals surface area contributed by atoms with Gasteiger partial charge < -0.3 is 14.2 Å². The second-order valence-corrected chi connectivity index (χ2v) is 13.3. The molecule has 3 aromatic heterocycles. The Morgan fingerprint density at radius 2 is 1.66 bits per heavy atom. The van der Waals surface area contributed by atoms with E-state index in [1.807, 2.05) is 13.8 Å². The largest absolute Gasteiger partial charge is 0.493 e. The van der Waals surface area contributed by atoms with E-state index >= 15 is 0 Å². The minimum Gasteiger partial charge on any atom is -0.493 e. The molecule has 0 spiro atoms. The van der Waals surface area contributed by atoms with E-state index in [2.05, 4.69) is 29.4 Å². The van der Waals surface area contributed by atoms with Crippen molar-refractivity contribution in [3.63, 3.8) is 0 Å². The maximum absolute atomic E-state index is 13.6. The number of sulfonamides is 2. The quantitative estimate of drug-likeness (QED) is 0.176. The van der Waals surface area contributed by atoms with E-state index in [9.17, 15) is 16.8 Å². The zero-order chi connectivity index (χ0) is 31.7. The van der Waals surface area contributed by atoms with E-state index in [4.69, 9.17) is 14.2 Å². The van der Waals surface area contributed by atoms with Gasteiger partial charge in [0.25, 0.3) is 15.9 Å². The third-order valence-corrected chi connectivity index (χ3v) is 8.92. The van der Waals surface area contributed by atoms with Gasteiger partial charge in [0.1, 0.15) is 12.3 Å². The van der Waals surface area contributed by atoms with Crippen LogP contribution < -0.4 is 23.7 Å². The highest BCUT2D eigenvalue weighted by Gasteiger charge is 2.26. The first-order valence-corrected chi connectivity index (χ1v) is 16.9. The normalized spacial score (nSPS) is 11.8. The Balaban J connectivity index is 1.80. The number of para-hydroxylation sites is 2. The summed E-state index contributed by atoms with van der Waals surface area (Å²) >= 11 is 0. The van der Waals surface area contributed by atoms with Gasteiger partial charge in [-0.15, -0.1) is 0 Å². The number of ether oxygens (including phenoxy) is 3. The molecule has 0 bridgehead atoms. The van der Waals surface area contributed by atoms with Crippen molar-refractivity contribution in [1.29, 1.82) is 0 Å². The predicted molar refractivity (Wildman–Crippen MR) is 165 cm³/mol. The molecule has 0 aliphatic carbocycles. The molecule has 0 amide bonds. The van der Waals surface area contributed by atoms with Crippen LogP contribution in [0.2, 0.25) is 0 Å². The van der Waals surface area contributed by atoms with Gasteiger partial charge in [0.2, 0.25) is 15.8 Å². The van der Waals surface area contributed by atoms with E-state index in [0.29, 0.717) is 17.9 Å². The highest BCUT2D eigenvalue weighted by atomic mass is 32.2. The maximum Gasteiger partial charge on any atom is 0.280 e. The maximum atomic E-state index is 13.6. The van der Waals surface area contributed by atoms with Crippen molar-refractivity contribution in [3.8, 4) is 34.6 Å². The Hall–Kier alpha value is -4.34. The molecular weight excluding hydrogens is 608 g/mol. The molecule has 4 aromatic rings. The molecule has 0 unspecified atom stereocenters. The Kier molecular flexibility index (Phi) is 10.7. The third kappa shape index (κ3) is 8.39. The fourth-order valence-corrected chi connectivity index (χ4v) is 5.88. The smallest absolute Gasteiger partial charge is 0.280 e. The van der Waals surface area contributed by atoms with Crippen LogP contribution in [0, 0.1) is 0 Å². The molecule has 0 saturated heterocycles. The summed E-state index contributed by atoms with van der Waals surface area (Å²) in [6, 6.07) is 14.9. The van der Waals surface area contributed by atoms with Gasteiger partial charge in [0, 0.05) is 18.9 Å². The number of rotatable bonds is 15. The molecule has 0 fully saturated rings. The lowest BCUT2D eigenvalue weighted by molar-refractivity contribution is 0.292. The zero-order valence-corrected chi connectivity index (χ0v) is 26.4. The summed E-state index contributed by atoms with van der Waals surface area (Å²) in [5, 5.41) is -0.240. The molecule has 1 aromatic carbocycles. The van der Waals surface area contributed by atoms with Gasteiger partial charge in [0.15, 0.2) is 28.2 Å². The monoisotopic (exact) mass is 642 g/mol. The molecule has 0 aliphatic heterocycles. The number of benzene rings is 1. The van der Waals surface area contributed by atoms with Crippen LogP contribution in [0.4, 0.5) is 5.82 Å². The fraction of sp³-hybridized carbons (Fsp3) is 0.310. The molecular formula is C29H34N6O7S2. The van der Waals surface area contributed by atoms with Crippen LogP contribution in [0.5, 0.6) is 23.1 Å². The fourth-order valence-electron chi connectivity index (χ4n) is 3.87. The van der Waals surface area contributed by atoms with Gasteiger partial charge in [-0.05, 0) is 48.2 Å². The average Bonchev–Trinajstić information content (AvgIpc) is 3.01. The number of hydrogen-bond acceptors (Lipinski definition) is 11. The number of pyridine rings is 2. The van der Waals surface area contributed by atoms with Crippen molar-refractivity contribution in [2.24, 2.45) is 0 Å². The van der Waals surface area contributed by atoms with Crippen LogP contribution >= 0.6 is 0 Å². The number of nitrogens with one attached hydrogen (secondary N) is 2. The van der Waals surface area contributed by atoms with E-state index in [0.717, 1.165) is 5.56 Å². The van der Waals surface area contributed by atoms with Crippen molar-refractivity contribution in [2.45, 2.75) is 38.1 Å². The molecule has 13 nitrogen and oxygen atoms in total. The third-order valence-electron chi connectivity index (χ3n) is 6.08. The zero-order valence-electron chi connectivity index (χ0n) is 24.7. The average molecular weight is 643 g/mol. The minimum atomic E-state index is -4.28. The van der Waals surface area contributed by atoms with Gasteiger partial charge in [-0.3, -0.25) is 9.71 Å². The summed E-state index contributed by atoms with van der Waals surface area (Å²) in [6.07, 6.45) is 3.48. The number of aromatic nitrogens is 4. The molecule has 4 rings (SSSR count). The first-order chi connectivity index (χ1) is 21.0. The van der Waals surface area contributed by atoms with Crippen molar-refractivity contribution < 1.29 is 31.0 Å². The molecule has 15 heteroatoms. The molecule has 0 saturated carbocycles. The van der Waals surface area contributed by atoms with Gasteiger partial charge in [0.05, 0.1) is 12.9 Å². The SMILES string of the molecule is CCCS(=O)(=O)NCCOc1nc(-c2ccccn2)nc(NS(=O)(=O)c2ccc(C(C)C)cn2)c1Oc1ccccc1OC. The van der Waals surface area contributed by atoms with Crippen molar-refractivity contribution in [1.82, 2.24) is 24.7 Å². The van der Waals surface area contributed by atoms with Crippen molar-refractivity contribution in [2.75, 3.05) is 30.7 Å². The first kappa shape index (κ1) is 32.6. The topological polar surface area (TPSA) is 172 Å². The van der Waals surface area contributed by atoms with E-state index < -0.39 is 20.0 Å². The van der Waals surface area contributed by atoms with Crippen LogP contribution in [0.3, 0.4) is 0 Å². The number of nitrogens with zero attached hydrogens (tertiary/aromatic N) is 4. The first-order valence-electron chi connectivity index (χ1n) is 13.8. The summed E-state index contributed by atoms with van der Waals surface area (Å²) in [7, 11) is -6.32. The summed E-state index contributed by atoms with van der Waals surface area (Å²) < 4.78 is 73.8. The van der Waals surface area contributed by atoms with Crippen LogP contribution in [0.25, 0.3) is 11.5 Å². The van der Waals surface area contributed by atoms with Gasteiger partial charge in [-0.1, -0.05) is 45.0 Å². The minimum absolute atomic E-state index is 0.0281. The number of anilines is 1. The van der Waals surface area contributed by atoms with Gasteiger partial charge >= 0.3 is 0 Å². The predicted octanol–water partition coefficient (Wildman–Crippen LogP) is 4.37. The van der Waals surface area contributed by atoms with Crippen molar-refractivity contribution in [3.05, 3.63) is 72.6 Å². The Labute approximate surface area is 257 Å². The second kappa shape index (κ2) is 14.4. The summed E-state index contributed by atoms with van der Waals surface area (Å²) in [5.41, 5.74) is 1.19. The lowest BCUT2D eigenvalue weighted by Crippen LogP contribution is -2.30. The molecule has 0 radical (unpaired) electrons. The molecule has 0 aliphatic rings. The number of methoxy groups -OCH3 is 1. The summed E-state index contributed by atoms with van der Waals surface area (Å²) in [4.78, 5) is 17.4. The van der Waals surface area contributed by atoms with Gasteiger partial charge in [-0.2, -0.15) is 13.4 Å². The van der Waals surface area contributed by atoms with Gasteiger partial charge in [-0.25, -0.2) is 23.1 Å². The molecule has 3 heterocycles. The van der Waals surface area contributed by atoms with Crippen LogP contribution in [0.1, 0.15) is 38.7 Å². The standard InChI is InChI=1S/C29H34N6O7S2/c1-5-18-43(36,37)32-16-17-41-29-26(42-24-12-7-6-11-23(24)40-4)28(33-27(34-29)22-10-8-9-15-30-22)35-44(38,39)25-14-13-21(19-31-25)20(2)3/h6-15,19-20,32H,5,16-18H2,1-4H3,(H,33,34,35). The summed E-state index contributed by atoms with van der Waals surface area (Å²) in [6.45, 7) is 5.47. The van der Waals surface area contributed by atoms with Crippen molar-refractivity contribution >= 4 is 25.9 Å². The molecule has 2 N–H and O–H groups in total. The van der Waals surface area contributed by atoms with E-state index in [1.165, 1.54) is 25.6 Å². The lowest BCUT2D eigenvalue weighted by Gasteiger charge is -2.18. The summed E-state index contributed by atoms with van der Waals surface area (Å²) in [5.74, 6) is 0.0991. The lowest BCUT2D eigenvalue weighted by atomic mass is 10.1. The Bertz CT molecular complexity index is 1770. The second-order valence-electron chi connectivity index (χ2n) is 9.75. The van der Waals surface area contributed by atoms with Crippen LogP contribution in [-0.4, -0.2) is 62.8 Å². The van der Waals surface area contributed by atoms with E-state index in [1.54, 1.807) is 55.5 Å². The van der Waals surface area contributed by atoms with E-state index in [-0.39, 0.29) is 58.9 Å². The van der Waals surface area contributed by atoms with Crippen LogP contribution in [-0.2, 0) is 20.0 Å². The Morgan fingerprint density at radius 1 is 0.909 bits per heavy atom. The molecule has 0 atom stereocenters. The highest BCUT2D eigenvalue weighted by Crippen LogP contribution is 2.41. The highest BCUT2D eigenvalue weighted by molar-refractivity contribution is 7.92. The molecule has 44 heavy (non-hydrogen) atoms. The molecule has 234 valence electrons. The number of hydrogen-bond donors (Lipinski definition) is 2. The van der Waals surface area contributed by atoms with Crippen LogP contribution in [0.15, 0.2) is 72.0 Å².